The van der Waals surface area contributed by atoms with Gasteiger partial charge < -0.3 is 9.47 Å². The molecule has 0 bridgehead atoms. The van der Waals surface area contributed by atoms with Gasteiger partial charge in [-0.15, -0.1) is 0 Å². The van der Waals surface area contributed by atoms with Crippen LogP contribution in [0.1, 0.15) is 0 Å². The lowest BCUT2D eigenvalue weighted by Crippen LogP contribution is -2.13. The zero-order valence-corrected chi connectivity index (χ0v) is 7.18. The lowest BCUT2D eigenvalue weighted by Gasteiger charge is -2.00. The van der Waals surface area contributed by atoms with Gasteiger partial charge in [-0.3, -0.25) is 0 Å². The van der Waals surface area contributed by atoms with E-state index in [1.54, 1.807) is 0 Å². The highest BCUT2D eigenvalue weighted by molar-refractivity contribution is 7.90. The minimum Gasteiger partial charge on any atom is -0.438 e. The topological polar surface area (TPSA) is 69.7 Å². The molecule has 0 atom stereocenters. The van der Waals surface area contributed by atoms with Gasteiger partial charge in [-0.25, -0.2) is 13.2 Å². The molecule has 0 aromatic heterocycles. The van der Waals surface area contributed by atoms with Crippen LogP contribution in [-0.2, 0) is 19.3 Å². The summed E-state index contributed by atoms with van der Waals surface area (Å²) < 4.78 is 29.4. The Kier molecular flexibility index (Phi) is 3.88. The first kappa shape index (κ1) is 10.2. The Morgan fingerprint density at radius 2 is 2.00 bits per heavy atom. The number of carbonyl (C=O) groups is 1. The molecular weight excluding hydrogens is 172 g/mol. The number of sulfone groups is 1. The maximum atomic E-state index is 10.5. The predicted molar refractivity (Wildman–Crippen MR) is 38.1 cm³/mol. The van der Waals surface area contributed by atoms with Crippen LogP contribution < -0.4 is 0 Å². The molecule has 0 rings (SSSR count). The van der Waals surface area contributed by atoms with Crippen LogP contribution in [0.2, 0.25) is 0 Å². The summed E-state index contributed by atoms with van der Waals surface area (Å²) in [6.45, 7) is -0.161. The van der Waals surface area contributed by atoms with E-state index in [9.17, 15) is 13.2 Å². The average Bonchev–Trinajstić information content (AvgIpc) is 1.85. The largest absolute Gasteiger partial charge is 0.508 e. The van der Waals surface area contributed by atoms with E-state index in [2.05, 4.69) is 9.47 Å². The van der Waals surface area contributed by atoms with Crippen LogP contribution in [0.15, 0.2) is 0 Å². The van der Waals surface area contributed by atoms with E-state index in [1.165, 1.54) is 0 Å². The van der Waals surface area contributed by atoms with Crippen LogP contribution in [0.5, 0.6) is 0 Å². The molecule has 0 saturated heterocycles. The van der Waals surface area contributed by atoms with Crippen molar-refractivity contribution in [2.24, 2.45) is 0 Å². The smallest absolute Gasteiger partial charge is 0.438 e. The summed E-state index contributed by atoms with van der Waals surface area (Å²) >= 11 is 0. The van der Waals surface area contributed by atoms with Crippen molar-refractivity contribution in [3.63, 3.8) is 0 Å². The fourth-order valence-corrected chi connectivity index (χ4v) is 0.721. The summed E-state index contributed by atoms with van der Waals surface area (Å²) in [5.74, 6) is -0.178. The molecule has 0 aromatic rings. The second kappa shape index (κ2) is 4.17. The van der Waals surface area contributed by atoms with Crippen LogP contribution in [0.25, 0.3) is 0 Å². The summed E-state index contributed by atoms with van der Waals surface area (Å²) in [5, 5.41) is 0. The average molecular weight is 182 g/mol. The van der Waals surface area contributed by atoms with Gasteiger partial charge in [-0.1, -0.05) is 0 Å². The zero-order valence-electron chi connectivity index (χ0n) is 6.36. The van der Waals surface area contributed by atoms with Gasteiger partial charge in [0.2, 0.25) is 0 Å². The van der Waals surface area contributed by atoms with E-state index in [-0.39, 0.29) is 12.4 Å². The number of methoxy groups -OCH3 is 1. The van der Waals surface area contributed by atoms with Crippen molar-refractivity contribution in [3.8, 4) is 0 Å². The third-order valence-corrected chi connectivity index (χ3v) is 1.75. The highest BCUT2D eigenvalue weighted by Crippen LogP contribution is 1.86. The quantitative estimate of drug-likeness (QED) is 0.566. The Balaban J connectivity index is 3.51. The van der Waals surface area contributed by atoms with E-state index in [1.807, 2.05) is 0 Å². The second-order valence-electron chi connectivity index (χ2n) is 1.93. The standard InChI is InChI=1S/C5H10O5S/c1-9-5(6)10-3-4-11(2,7)8/h3-4H2,1-2H3. The monoisotopic (exact) mass is 182 g/mol. The van der Waals surface area contributed by atoms with Crippen molar-refractivity contribution in [1.82, 2.24) is 0 Å². The van der Waals surface area contributed by atoms with Gasteiger partial charge in [0, 0.05) is 6.26 Å². The van der Waals surface area contributed by atoms with Gasteiger partial charge in [-0.05, 0) is 0 Å². The third kappa shape index (κ3) is 7.11. The summed E-state index contributed by atoms with van der Waals surface area (Å²) in [5.41, 5.74) is 0. The Hall–Kier alpha value is -0.780. The normalized spacial score (nSPS) is 10.7. The summed E-state index contributed by atoms with van der Waals surface area (Å²) in [7, 11) is -1.91. The van der Waals surface area contributed by atoms with Gasteiger partial charge >= 0.3 is 6.16 Å². The fraction of sp³-hybridized carbons (Fsp3) is 0.800. The molecule has 0 spiro atoms. The molecule has 0 N–H and O–H groups in total. The SMILES string of the molecule is COC(=O)OCCS(C)(=O)=O. The molecular formula is C5H10O5S. The van der Waals surface area contributed by atoms with E-state index < -0.39 is 16.0 Å². The lowest BCUT2D eigenvalue weighted by molar-refractivity contribution is 0.0777. The van der Waals surface area contributed by atoms with Gasteiger partial charge in [0.05, 0.1) is 12.9 Å². The number of ether oxygens (including phenoxy) is 2. The van der Waals surface area contributed by atoms with Gasteiger partial charge in [0.25, 0.3) is 0 Å². The number of rotatable bonds is 3. The molecule has 0 unspecified atom stereocenters. The fourth-order valence-electron chi connectivity index (χ4n) is 0.335. The van der Waals surface area contributed by atoms with Gasteiger partial charge in [-0.2, -0.15) is 0 Å². The van der Waals surface area contributed by atoms with Crippen molar-refractivity contribution in [2.45, 2.75) is 0 Å². The van der Waals surface area contributed by atoms with Crippen LogP contribution in [-0.4, -0.2) is 40.3 Å². The Morgan fingerprint density at radius 3 is 2.36 bits per heavy atom. The van der Waals surface area contributed by atoms with E-state index in [0.717, 1.165) is 13.4 Å². The van der Waals surface area contributed by atoms with Crippen molar-refractivity contribution >= 4 is 16.0 Å². The highest BCUT2D eigenvalue weighted by Gasteiger charge is 2.04. The van der Waals surface area contributed by atoms with Crippen LogP contribution >= 0.6 is 0 Å². The van der Waals surface area contributed by atoms with Crippen LogP contribution in [0.4, 0.5) is 4.79 Å². The molecule has 0 aliphatic rings. The second-order valence-corrected chi connectivity index (χ2v) is 4.19. The number of carbonyl (C=O) groups excluding carboxylic acids is 1. The molecule has 0 heterocycles. The molecule has 0 amide bonds. The molecule has 0 aliphatic heterocycles. The lowest BCUT2D eigenvalue weighted by atomic mass is 10.9. The molecule has 5 nitrogen and oxygen atoms in total. The Morgan fingerprint density at radius 1 is 1.45 bits per heavy atom. The number of hydrogen-bond donors (Lipinski definition) is 0. The zero-order chi connectivity index (χ0) is 8.91. The van der Waals surface area contributed by atoms with Crippen molar-refractivity contribution in [1.29, 1.82) is 0 Å². The van der Waals surface area contributed by atoms with Gasteiger partial charge in [0.1, 0.15) is 6.61 Å². The van der Waals surface area contributed by atoms with E-state index in [0.29, 0.717) is 0 Å². The van der Waals surface area contributed by atoms with Crippen LogP contribution in [0, 0.1) is 0 Å². The highest BCUT2D eigenvalue weighted by atomic mass is 32.2. The first-order valence-corrected chi connectivity index (χ1v) is 4.90. The van der Waals surface area contributed by atoms with Crippen LogP contribution in [0.3, 0.4) is 0 Å². The molecule has 0 aromatic carbocycles. The first-order chi connectivity index (χ1) is 4.95. The molecule has 66 valence electrons. The van der Waals surface area contributed by atoms with E-state index in [4.69, 9.17) is 0 Å². The Bertz CT molecular complexity index is 217. The minimum atomic E-state index is -3.06. The van der Waals surface area contributed by atoms with Gasteiger partial charge in [0.15, 0.2) is 9.84 Å². The Labute approximate surface area is 65.2 Å². The maximum absolute atomic E-state index is 10.5. The minimum absolute atomic E-state index is 0.161. The summed E-state index contributed by atoms with van der Waals surface area (Å²) in [4.78, 5) is 10.3. The molecule has 0 fully saturated rings. The first-order valence-electron chi connectivity index (χ1n) is 2.84. The molecule has 0 aliphatic carbocycles. The maximum Gasteiger partial charge on any atom is 0.508 e. The molecule has 0 radical (unpaired) electrons. The number of hydrogen-bond acceptors (Lipinski definition) is 5. The van der Waals surface area contributed by atoms with Crippen molar-refractivity contribution in [2.75, 3.05) is 25.7 Å². The predicted octanol–water partition coefficient (Wildman–Crippen LogP) is -0.186. The summed E-state index contributed by atoms with van der Waals surface area (Å²) in [6, 6.07) is 0. The molecule has 11 heavy (non-hydrogen) atoms. The molecule has 6 heteroatoms. The summed E-state index contributed by atoms with van der Waals surface area (Å²) in [6.07, 6.45) is 0.196. The van der Waals surface area contributed by atoms with E-state index >= 15 is 0 Å². The third-order valence-electron chi connectivity index (χ3n) is 0.841. The van der Waals surface area contributed by atoms with Crippen molar-refractivity contribution < 1.29 is 22.7 Å². The van der Waals surface area contributed by atoms with Crippen molar-refractivity contribution in [3.05, 3.63) is 0 Å². The molecule has 0 saturated carbocycles.